The highest BCUT2D eigenvalue weighted by molar-refractivity contribution is 6.30. The Kier molecular flexibility index (Phi) is 10.1. The molecule has 0 spiro atoms. The lowest BCUT2D eigenvalue weighted by atomic mass is 9.97. The van der Waals surface area contributed by atoms with Crippen molar-refractivity contribution < 1.29 is 49.0 Å². The molecule has 2 fully saturated rings. The highest BCUT2D eigenvalue weighted by atomic mass is 35.5. The number of carbonyl (C=O) groups is 2. The molecule has 0 saturated carbocycles. The maximum Gasteiger partial charge on any atom is 0.335 e. The van der Waals surface area contributed by atoms with Crippen LogP contribution < -0.4 is 0 Å². The lowest BCUT2D eigenvalue weighted by Gasteiger charge is -2.25. The summed E-state index contributed by atoms with van der Waals surface area (Å²) in [6.45, 7) is 3.56. The van der Waals surface area contributed by atoms with Crippen LogP contribution in [0.4, 0.5) is 0 Å². The fourth-order valence-corrected chi connectivity index (χ4v) is 4.83. The van der Waals surface area contributed by atoms with Gasteiger partial charge >= 0.3 is 11.9 Å². The predicted octanol–water partition coefficient (Wildman–Crippen LogP) is 0.741. The second-order valence-corrected chi connectivity index (χ2v) is 10.1. The van der Waals surface area contributed by atoms with Gasteiger partial charge in [0, 0.05) is 11.5 Å². The molecule has 0 radical (unpaired) electrons. The highest BCUT2D eigenvalue weighted by Crippen LogP contribution is 2.35. The van der Waals surface area contributed by atoms with Crippen LogP contribution in [-0.4, -0.2) is 94.4 Å². The number of ether oxygens (including phenoxy) is 4. The molecular weight excluding hydrogens is 496 g/mol. The standard InChI is InChI=1S/C25H35ClO10/c1-12(9-20(29)33-3)7-8-16(28)24-19-11-18(35-24)21(30)14(26)5-4-6-15(27)22(31)17-10-13(2)23(34-17)25(32)36-19/h4-8,12-13,15-19,21-24,27-28,30-31H,9-11H2,1-3H3/b6-4-,8-7+,14-5-/t12-,13+,15-,16+,17+,18+,19-,21+,22+,23+,24-/m0/s1. The van der Waals surface area contributed by atoms with E-state index < -0.39 is 60.9 Å². The van der Waals surface area contributed by atoms with Gasteiger partial charge < -0.3 is 39.4 Å². The molecule has 11 heteroatoms. The summed E-state index contributed by atoms with van der Waals surface area (Å²) in [7, 11) is 1.29. The third-order valence-corrected chi connectivity index (χ3v) is 7.07. The number of esters is 2. The Bertz CT molecular complexity index is 873. The Labute approximate surface area is 215 Å². The molecule has 0 aliphatic carbocycles. The topological polar surface area (TPSA) is 152 Å². The van der Waals surface area contributed by atoms with E-state index in [9.17, 15) is 30.0 Å². The number of rotatable bonds is 5. The largest absolute Gasteiger partial charge is 0.469 e. The molecule has 11 atom stereocenters. The summed E-state index contributed by atoms with van der Waals surface area (Å²) in [5, 5.41) is 42.3. The van der Waals surface area contributed by atoms with Crippen molar-refractivity contribution in [2.45, 2.75) is 88.0 Å². The normalized spacial score (nSPS) is 41.5. The summed E-state index contributed by atoms with van der Waals surface area (Å²) in [5.41, 5.74) is 0. The Morgan fingerprint density at radius 3 is 2.61 bits per heavy atom. The van der Waals surface area contributed by atoms with Crippen molar-refractivity contribution in [1.82, 2.24) is 0 Å². The molecule has 202 valence electrons. The second-order valence-electron chi connectivity index (χ2n) is 9.65. The minimum Gasteiger partial charge on any atom is -0.469 e. The van der Waals surface area contributed by atoms with Crippen molar-refractivity contribution in [2.75, 3.05) is 7.11 Å². The van der Waals surface area contributed by atoms with E-state index in [1.807, 2.05) is 0 Å². The fraction of sp³-hybridized carbons (Fsp3) is 0.680. The van der Waals surface area contributed by atoms with Crippen LogP contribution in [0.15, 0.2) is 35.4 Å². The molecule has 3 aliphatic heterocycles. The van der Waals surface area contributed by atoms with Crippen molar-refractivity contribution in [3.63, 3.8) is 0 Å². The molecular formula is C25H35ClO10. The average molecular weight is 531 g/mol. The minimum atomic E-state index is -1.30. The molecule has 3 rings (SSSR count). The first-order valence-corrected chi connectivity index (χ1v) is 12.4. The highest BCUT2D eigenvalue weighted by Gasteiger charge is 2.48. The van der Waals surface area contributed by atoms with E-state index in [4.69, 9.17) is 25.8 Å². The van der Waals surface area contributed by atoms with E-state index in [1.165, 1.54) is 31.4 Å². The number of carbonyl (C=O) groups excluding carboxylic acids is 2. The smallest absolute Gasteiger partial charge is 0.335 e. The maximum atomic E-state index is 13.0. The van der Waals surface area contributed by atoms with Crippen molar-refractivity contribution in [3.8, 4) is 0 Å². The first kappa shape index (κ1) is 28.8. The molecule has 10 nitrogen and oxygen atoms in total. The van der Waals surface area contributed by atoms with E-state index in [2.05, 4.69) is 4.74 Å². The van der Waals surface area contributed by atoms with E-state index in [0.717, 1.165) is 0 Å². The summed E-state index contributed by atoms with van der Waals surface area (Å²) >= 11 is 6.23. The van der Waals surface area contributed by atoms with Crippen LogP contribution in [0.1, 0.15) is 33.1 Å². The molecule has 0 aromatic heterocycles. The summed E-state index contributed by atoms with van der Waals surface area (Å²) < 4.78 is 22.0. The molecule has 36 heavy (non-hydrogen) atoms. The van der Waals surface area contributed by atoms with Crippen LogP contribution in [0.5, 0.6) is 0 Å². The summed E-state index contributed by atoms with van der Waals surface area (Å²) in [6.07, 6.45) is -1.99. The van der Waals surface area contributed by atoms with Crippen LogP contribution in [-0.2, 0) is 28.5 Å². The molecule has 0 amide bonds. The van der Waals surface area contributed by atoms with Crippen molar-refractivity contribution in [2.24, 2.45) is 11.8 Å². The van der Waals surface area contributed by atoms with E-state index in [1.54, 1.807) is 19.9 Å². The van der Waals surface area contributed by atoms with Gasteiger partial charge in [-0.05, 0) is 24.3 Å². The molecule has 3 aliphatic rings. The van der Waals surface area contributed by atoms with E-state index >= 15 is 0 Å². The molecule has 2 saturated heterocycles. The van der Waals surface area contributed by atoms with Crippen molar-refractivity contribution in [3.05, 3.63) is 35.4 Å². The van der Waals surface area contributed by atoms with Gasteiger partial charge in [0.2, 0.25) is 0 Å². The number of allylic oxidation sites excluding steroid dienone is 3. The number of aliphatic hydroxyl groups is 4. The first-order chi connectivity index (χ1) is 17.0. The van der Waals surface area contributed by atoms with Gasteiger partial charge in [0.25, 0.3) is 0 Å². The number of methoxy groups -OCH3 is 1. The van der Waals surface area contributed by atoms with Crippen molar-refractivity contribution in [1.29, 1.82) is 0 Å². The van der Waals surface area contributed by atoms with Gasteiger partial charge in [-0.15, -0.1) is 0 Å². The fourth-order valence-electron chi connectivity index (χ4n) is 4.62. The monoisotopic (exact) mass is 530 g/mol. The quantitative estimate of drug-likeness (QED) is 0.296. The third-order valence-electron chi connectivity index (χ3n) is 6.72. The zero-order chi connectivity index (χ0) is 26.6. The Hall–Kier alpha value is -1.79. The van der Waals surface area contributed by atoms with Gasteiger partial charge in [-0.3, -0.25) is 4.79 Å². The van der Waals surface area contributed by atoms with Crippen LogP contribution in [0.3, 0.4) is 0 Å². The van der Waals surface area contributed by atoms with Gasteiger partial charge in [-0.1, -0.05) is 49.8 Å². The second kappa shape index (κ2) is 12.6. The van der Waals surface area contributed by atoms with Crippen LogP contribution in [0.25, 0.3) is 0 Å². The Morgan fingerprint density at radius 2 is 1.92 bits per heavy atom. The minimum absolute atomic E-state index is 0.00154. The summed E-state index contributed by atoms with van der Waals surface area (Å²) in [6, 6.07) is 0. The van der Waals surface area contributed by atoms with Gasteiger partial charge in [0.15, 0.2) is 6.10 Å². The molecule has 0 aromatic rings. The number of hydrogen-bond donors (Lipinski definition) is 4. The lowest BCUT2D eigenvalue weighted by molar-refractivity contribution is -0.171. The Morgan fingerprint density at radius 1 is 1.19 bits per heavy atom. The zero-order valence-corrected chi connectivity index (χ0v) is 21.2. The third kappa shape index (κ3) is 6.95. The van der Waals surface area contributed by atoms with E-state index in [-0.39, 0.29) is 35.7 Å². The molecule has 3 heterocycles. The molecule has 0 unspecified atom stereocenters. The van der Waals surface area contributed by atoms with Crippen molar-refractivity contribution >= 4 is 23.5 Å². The van der Waals surface area contributed by atoms with Gasteiger partial charge in [0.1, 0.15) is 36.6 Å². The van der Waals surface area contributed by atoms with Gasteiger partial charge in [-0.2, -0.15) is 0 Å². The van der Waals surface area contributed by atoms with Crippen LogP contribution in [0.2, 0.25) is 0 Å². The number of fused-ring (bicyclic) bond motifs is 4. The number of aliphatic hydroxyl groups excluding tert-OH is 4. The first-order valence-electron chi connectivity index (χ1n) is 12.0. The summed E-state index contributed by atoms with van der Waals surface area (Å²) in [4.78, 5) is 24.5. The number of hydrogen-bond acceptors (Lipinski definition) is 10. The SMILES string of the molecule is COC(=O)C[C@@H](C)/C=C/[C@@H](O)[C@@H]1O[C@@H]2C[C@@H]1OC(=O)[C@@H]1O[C@H](C[C@H]1C)[C@H](O)[C@@H](O)/C=C\C=C(/Cl)[C@H]2O. The molecule has 0 aromatic carbocycles. The molecule has 4 bridgehead atoms. The zero-order valence-electron chi connectivity index (χ0n) is 20.5. The summed E-state index contributed by atoms with van der Waals surface area (Å²) in [5.74, 6) is -1.60. The van der Waals surface area contributed by atoms with Gasteiger partial charge in [0.05, 0.1) is 25.7 Å². The Balaban J connectivity index is 1.84. The number of halogens is 1. The molecule has 4 N–H and O–H groups in total. The average Bonchev–Trinajstić information content (AvgIpc) is 3.44. The lowest BCUT2D eigenvalue weighted by Crippen LogP contribution is -2.40. The van der Waals surface area contributed by atoms with Gasteiger partial charge in [-0.25, -0.2) is 4.79 Å². The van der Waals surface area contributed by atoms with Crippen LogP contribution >= 0.6 is 11.6 Å². The van der Waals surface area contributed by atoms with E-state index in [0.29, 0.717) is 6.42 Å². The predicted molar refractivity (Wildman–Crippen MR) is 128 cm³/mol. The maximum absolute atomic E-state index is 13.0. The van der Waals surface area contributed by atoms with Crippen LogP contribution in [0, 0.1) is 11.8 Å².